The normalized spacial score (nSPS) is 17.2. The molecule has 1 aliphatic heterocycles. The van der Waals surface area contributed by atoms with Crippen molar-refractivity contribution in [1.82, 2.24) is 24.9 Å². The Morgan fingerprint density at radius 3 is 2.96 bits per heavy atom. The fourth-order valence-corrected chi connectivity index (χ4v) is 3.16. The quantitative estimate of drug-likeness (QED) is 0.686. The number of fused-ring (bicyclic) bond motifs is 1. The number of imidazole rings is 1. The SMILES string of the molecule is CCCC(CO)Oc1nc(N)c2ncc(CC3CCNCC3)n2n1. The van der Waals surface area contributed by atoms with E-state index in [0.29, 0.717) is 17.4 Å². The van der Waals surface area contributed by atoms with Crippen LogP contribution in [0.1, 0.15) is 38.3 Å². The van der Waals surface area contributed by atoms with Gasteiger partial charge in [-0.15, -0.1) is 5.10 Å². The first-order valence-corrected chi connectivity index (χ1v) is 8.69. The van der Waals surface area contributed by atoms with E-state index in [-0.39, 0.29) is 18.7 Å². The molecule has 0 aliphatic carbocycles. The minimum absolute atomic E-state index is 0.0685. The fourth-order valence-electron chi connectivity index (χ4n) is 3.16. The van der Waals surface area contributed by atoms with E-state index in [9.17, 15) is 5.11 Å². The number of anilines is 1. The minimum Gasteiger partial charge on any atom is -0.457 e. The third-order valence-electron chi connectivity index (χ3n) is 4.48. The van der Waals surface area contributed by atoms with Crippen molar-refractivity contribution in [2.24, 2.45) is 5.92 Å². The minimum atomic E-state index is -0.316. The summed E-state index contributed by atoms with van der Waals surface area (Å²) in [6, 6.07) is 0.192. The summed E-state index contributed by atoms with van der Waals surface area (Å²) in [5, 5.41) is 17.2. The molecule has 1 saturated heterocycles. The van der Waals surface area contributed by atoms with Gasteiger partial charge >= 0.3 is 6.01 Å². The van der Waals surface area contributed by atoms with E-state index in [1.165, 1.54) is 0 Å². The highest BCUT2D eigenvalue weighted by molar-refractivity contribution is 5.59. The van der Waals surface area contributed by atoms with Gasteiger partial charge in [0.15, 0.2) is 11.5 Å². The predicted molar refractivity (Wildman–Crippen MR) is 90.9 cm³/mol. The number of aliphatic hydroxyl groups is 1. The fraction of sp³-hybridized carbons (Fsp3) is 0.688. The number of nitrogens with zero attached hydrogens (tertiary/aromatic N) is 4. The van der Waals surface area contributed by atoms with E-state index in [2.05, 4.69) is 20.4 Å². The lowest BCUT2D eigenvalue weighted by Gasteiger charge is -2.22. The monoisotopic (exact) mass is 334 g/mol. The van der Waals surface area contributed by atoms with Gasteiger partial charge in [-0.3, -0.25) is 0 Å². The summed E-state index contributed by atoms with van der Waals surface area (Å²) in [5.74, 6) is 0.918. The van der Waals surface area contributed by atoms with E-state index in [1.807, 2.05) is 13.1 Å². The molecular weight excluding hydrogens is 308 g/mol. The maximum Gasteiger partial charge on any atom is 0.336 e. The van der Waals surface area contributed by atoms with Crippen LogP contribution in [-0.2, 0) is 6.42 Å². The van der Waals surface area contributed by atoms with Crippen LogP contribution in [0.15, 0.2) is 6.20 Å². The average Bonchev–Trinajstić information content (AvgIpc) is 2.99. The van der Waals surface area contributed by atoms with Crippen LogP contribution >= 0.6 is 0 Å². The van der Waals surface area contributed by atoms with Crippen molar-refractivity contribution in [3.63, 3.8) is 0 Å². The molecule has 1 fully saturated rings. The van der Waals surface area contributed by atoms with Crippen LogP contribution in [0.3, 0.4) is 0 Å². The molecule has 8 nitrogen and oxygen atoms in total. The first kappa shape index (κ1) is 16.9. The lowest BCUT2D eigenvalue weighted by Crippen LogP contribution is -2.29. The van der Waals surface area contributed by atoms with Crippen LogP contribution in [0.2, 0.25) is 0 Å². The van der Waals surface area contributed by atoms with Crippen LogP contribution in [0.25, 0.3) is 5.65 Å². The van der Waals surface area contributed by atoms with Gasteiger partial charge in [-0.05, 0) is 44.7 Å². The lowest BCUT2D eigenvalue weighted by molar-refractivity contribution is 0.0975. The highest BCUT2D eigenvalue weighted by atomic mass is 16.5. The predicted octanol–water partition coefficient (Wildman–Crippen LogP) is 0.788. The molecular formula is C16H26N6O2. The second kappa shape index (κ2) is 7.76. The van der Waals surface area contributed by atoms with Gasteiger partial charge in [0.05, 0.1) is 18.5 Å². The smallest absolute Gasteiger partial charge is 0.336 e. The standard InChI is InChI=1S/C16H26N6O2/c1-2-3-13(10-23)24-16-20-14(17)15-19-9-12(22(15)21-16)8-11-4-6-18-7-5-11/h9,11,13,18,23H,2-8,10H2,1H3,(H2,17,20,21). The molecule has 2 aromatic rings. The summed E-state index contributed by atoms with van der Waals surface area (Å²) in [7, 11) is 0. The third-order valence-corrected chi connectivity index (χ3v) is 4.48. The molecule has 0 bridgehead atoms. The summed E-state index contributed by atoms with van der Waals surface area (Å²) in [5.41, 5.74) is 7.59. The number of nitrogen functional groups attached to an aromatic ring is 1. The third kappa shape index (κ3) is 3.76. The molecule has 0 spiro atoms. The van der Waals surface area contributed by atoms with Crippen molar-refractivity contribution in [2.45, 2.75) is 45.1 Å². The topological polar surface area (TPSA) is 111 Å². The Hall–Kier alpha value is -1.93. The van der Waals surface area contributed by atoms with Gasteiger partial charge in [0.25, 0.3) is 0 Å². The first-order valence-electron chi connectivity index (χ1n) is 8.69. The van der Waals surface area contributed by atoms with Crippen LogP contribution in [-0.4, -0.2) is 50.5 Å². The molecule has 0 aromatic carbocycles. The summed E-state index contributed by atoms with van der Waals surface area (Å²) < 4.78 is 7.43. The molecule has 1 unspecified atom stereocenters. The number of ether oxygens (including phenoxy) is 1. The number of hydrogen-bond donors (Lipinski definition) is 3. The zero-order chi connectivity index (χ0) is 16.9. The molecule has 8 heteroatoms. The molecule has 0 saturated carbocycles. The number of piperidine rings is 1. The highest BCUT2D eigenvalue weighted by Gasteiger charge is 2.19. The van der Waals surface area contributed by atoms with Gasteiger partial charge in [-0.2, -0.15) is 4.98 Å². The Bertz CT molecular complexity index is 668. The molecule has 4 N–H and O–H groups in total. The number of nitrogens with one attached hydrogen (secondary N) is 1. The van der Waals surface area contributed by atoms with Gasteiger partial charge in [0.2, 0.25) is 0 Å². The maximum absolute atomic E-state index is 9.40. The molecule has 1 aliphatic rings. The molecule has 132 valence electrons. The van der Waals surface area contributed by atoms with Crippen molar-refractivity contribution in [3.8, 4) is 6.01 Å². The second-order valence-electron chi connectivity index (χ2n) is 6.37. The molecule has 1 atom stereocenters. The van der Waals surface area contributed by atoms with E-state index in [0.717, 1.165) is 50.9 Å². The van der Waals surface area contributed by atoms with Crippen LogP contribution in [0, 0.1) is 5.92 Å². The van der Waals surface area contributed by atoms with Gasteiger partial charge in [0, 0.05) is 0 Å². The zero-order valence-electron chi connectivity index (χ0n) is 14.1. The van der Waals surface area contributed by atoms with Gasteiger partial charge in [-0.1, -0.05) is 13.3 Å². The second-order valence-corrected chi connectivity index (χ2v) is 6.37. The van der Waals surface area contributed by atoms with Crippen molar-refractivity contribution in [3.05, 3.63) is 11.9 Å². The van der Waals surface area contributed by atoms with Gasteiger partial charge in [-0.25, -0.2) is 9.50 Å². The number of hydrogen-bond acceptors (Lipinski definition) is 7. The molecule has 2 aromatic heterocycles. The zero-order valence-corrected chi connectivity index (χ0v) is 14.1. The maximum atomic E-state index is 9.40. The van der Waals surface area contributed by atoms with E-state index < -0.39 is 0 Å². The van der Waals surface area contributed by atoms with Crippen molar-refractivity contribution in [1.29, 1.82) is 0 Å². The number of rotatable bonds is 7. The van der Waals surface area contributed by atoms with Crippen LogP contribution in [0.4, 0.5) is 5.82 Å². The highest BCUT2D eigenvalue weighted by Crippen LogP contribution is 2.21. The lowest BCUT2D eigenvalue weighted by atomic mass is 9.93. The summed E-state index contributed by atoms with van der Waals surface area (Å²) in [6.45, 7) is 4.09. The molecule has 0 radical (unpaired) electrons. The van der Waals surface area contributed by atoms with Crippen molar-refractivity contribution in [2.75, 3.05) is 25.4 Å². The van der Waals surface area contributed by atoms with E-state index >= 15 is 0 Å². The largest absolute Gasteiger partial charge is 0.457 e. The average molecular weight is 334 g/mol. The summed E-state index contributed by atoms with van der Waals surface area (Å²) >= 11 is 0. The summed E-state index contributed by atoms with van der Waals surface area (Å²) in [6.07, 6.45) is 6.38. The van der Waals surface area contributed by atoms with E-state index in [1.54, 1.807) is 4.52 Å². The Balaban J connectivity index is 1.83. The Labute approximate surface area is 141 Å². The van der Waals surface area contributed by atoms with Gasteiger partial charge < -0.3 is 20.9 Å². The number of aliphatic hydroxyl groups excluding tert-OH is 1. The molecule has 3 heterocycles. The molecule has 3 rings (SSSR count). The Kier molecular flexibility index (Phi) is 5.47. The van der Waals surface area contributed by atoms with Crippen molar-refractivity contribution >= 4 is 11.5 Å². The Morgan fingerprint density at radius 1 is 1.46 bits per heavy atom. The van der Waals surface area contributed by atoms with Gasteiger partial charge in [0.1, 0.15) is 6.10 Å². The first-order chi connectivity index (χ1) is 11.7. The van der Waals surface area contributed by atoms with E-state index in [4.69, 9.17) is 10.5 Å². The van der Waals surface area contributed by atoms with Crippen LogP contribution in [0.5, 0.6) is 6.01 Å². The molecule has 24 heavy (non-hydrogen) atoms. The Morgan fingerprint density at radius 2 is 2.25 bits per heavy atom. The number of aromatic nitrogens is 4. The van der Waals surface area contributed by atoms with Crippen LogP contribution < -0.4 is 15.8 Å². The summed E-state index contributed by atoms with van der Waals surface area (Å²) in [4.78, 5) is 8.52. The van der Waals surface area contributed by atoms with Crippen molar-refractivity contribution < 1.29 is 9.84 Å². The molecule has 0 amide bonds. The number of nitrogens with two attached hydrogens (primary N) is 1.